The van der Waals surface area contributed by atoms with E-state index >= 15 is 0 Å². The van der Waals surface area contributed by atoms with Crippen LogP contribution in [0.1, 0.15) is 40.7 Å². The van der Waals surface area contributed by atoms with Gasteiger partial charge in [-0.1, -0.05) is 36.9 Å². The molecule has 0 fully saturated rings. The van der Waals surface area contributed by atoms with E-state index in [0.717, 1.165) is 18.2 Å². The highest BCUT2D eigenvalue weighted by Crippen LogP contribution is 2.40. The zero-order valence-corrected chi connectivity index (χ0v) is 15.4. The van der Waals surface area contributed by atoms with Crippen LogP contribution in [0.15, 0.2) is 55.1 Å². The monoisotopic (exact) mass is 438 g/mol. The predicted octanol–water partition coefficient (Wildman–Crippen LogP) is 8.12. The maximum Gasteiger partial charge on any atom is 0.416 e. The summed E-state index contributed by atoms with van der Waals surface area (Å²) in [6.07, 6.45) is -8.54. The number of alkyl halides is 8. The molecule has 0 nitrogen and oxygen atoms in total. The van der Waals surface area contributed by atoms with Crippen molar-refractivity contribution >= 4 is 11.9 Å². The van der Waals surface area contributed by atoms with E-state index in [1.807, 2.05) is 0 Å². The third-order valence-corrected chi connectivity index (χ3v) is 4.28. The van der Waals surface area contributed by atoms with Gasteiger partial charge in [0.2, 0.25) is 0 Å². The van der Waals surface area contributed by atoms with Crippen LogP contribution in [-0.4, -0.2) is 6.18 Å². The molecule has 0 saturated heterocycles. The fraction of sp³-hybridized carbons (Fsp3) is 0.238. The van der Waals surface area contributed by atoms with E-state index in [1.165, 1.54) is 0 Å². The van der Waals surface area contributed by atoms with Gasteiger partial charge in [0, 0.05) is 18.1 Å². The van der Waals surface area contributed by atoms with Crippen LogP contribution in [-0.2, 0) is 12.1 Å². The maximum atomic E-state index is 14.6. The van der Waals surface area contributed by atoms with Gasteiger partial charge in [0.15, 0.2) is 0 Å². The van der Waals surface area contributed by atoms with Gasteiger partial charge < -0.3 is 0 Å². The molecule has 0 saturated carbocycles. The molecule has 2 aromatic rings. The van der Waals surface area contributed by atoms with Crippen LogP contribution >= 0.6 is 0 Å². The first-order chi connectivity index (χ1) is 13.6. The lowest BCUT2D eigenvalue weighted by Gasteiger charge is -2.19. The van der Waals surface area contributed by atoms with Crippen LogP contribution in [0, 0.1) is 0 Å². The second-order valence-corrected chi connectivity index (χ2v) is 6.55. The Morgan fingerprint density at radius 2 is 1.47 bits per heavy atom. The first-order valence-electron chi connectivity index (χ1n) is 8.41. The largest absolute Gasteiger partial charge is 0.416 e. The zero-order chi connectivity index (χ0) is 22.9. The Labute approximate surface area is 166 Å². The van der Waals surface area contributed by atoms with Crippen molar-refractivity contribution in [2.45, 2.75) is 31.1 Å². The molecule has 0 aliphatic rings. The number of rotatable bonds is 5. The molecule has 2 aromatic carbocycles. The normalized spacial score (nSPS) is 14.5. The van der Waals surface area contributed by atoms with Crippen molar-refractivity contribution in [2.75, 3.05) is 0 Å². The topological polar surface area (TPSA) is 0 Å². The maximum absolute atomic E-state index is 14.6. The Balaban J connectivity index is 2.51. The van der Waals surface area contributed by atoms with Crippen molar-refractivity contribution in [3.63, 3.8) is 0 Å². The van der Waals surface area contributed by atoms with Gasteiger partial charge in [-0.05, 0) is 35.4 Å². The van der Waals surface area contributed by atoms with Crippen molar-refractivity contribution in [3.8, 4) is 0 Å². The van der Waals surface area contributed by atoms with Crippen molar-refractivity contribution in [2.24, 2.45) is 0 Å². The molecule has 0 aliphatic heterocycles. The van der Waals surface area contributed by atoms with E-state index in [9.17, 15) is 39.5 Å². The molecule has 0 aromatic heterocycles. The molecule has 2 rings (SSSR count). The molecule has 162 valence electrons. The lowest BCUT2D eigenvalue weighted by Crippen LogP contribution is -2.19. The van der Waals surface area contributed by atoms with Gasteiger partial charge in [-0.25, -0.2) is 13.2 Å². The summed E-state index contributed by atoms with van der Waals surface area (Å²) in [5.41, 5.74) is -2.97. The molecule has 0 N–H and O–H groups in total. The first kappa shape index (κ1) is 23.6. The fourth-order valence-electron chi connectivity index (χ4n) is 2.76. The third kappa shape index (κ3) is 5.46. The summed E-state index contributed by atoms with van der Waals surface area (Å²) in [4.78, 5) is 0. The summed E-state index contributed by atoms with van der Waals surface area (Å²) in [5, 5.41) is 0. The Hall–Kier alpha value is -2.71. The summed E-state index contributed by atoms with van der Waals surface area (Å²) in [5.74, 6) is -7.43. The summed E-state index contributed by atoms with van der Waals surface area (Å²) in [7, 11) is 0. The molecule has 0 amide bonds. The van der Waals surface area contributed by atoms with Crippen LogP contribution in [0.25, 0.3) is 11.9 Å². The predicted molar refractivity (Wildman–Crippen MR) is 95.4 cm³/mol. The Morgan fingerprint density at radius 1 is 0.900 bits per heavy atom. The minimum absolute atomic E-state index is 0.0193. The smallest absolute Gasteiger partial charge is 0.207 e. The number of halogens is 9. The van der Waals surface area contributed by atoms with Crippen LogP contribution < -0.4 is 0 Å². The van der Waals surface area contributed by atoms with Crippen LogP contribution in [0.5, 0.6) is 0 Å². The SMILES string of the molecule is C=Cc1ccc(/C(F)=C/C(c2ccc(C(F)(F)F)cc2)C(F)(F)F)cc1C(C)(F)F. The number of benzene rings is 2. The molecule has 0 bridgehead atoms. The van der Waals surface area contributed by atoms with E-state index < -0.39 is 52.3 Å². The first-order valence-corrected chi connectivity index (χ1v) is 8.41. The van der Waals surface area contributed by atoms with Crippen LogP contribution in [0.4, 0.5) is 39.5 Å². The van der Waals surface area contributed by atoms with Gasteiger partial charge in [0.05, 0.1) is 5.56 Å². The zero-order valence-electron chi connectivity index (χ0n) is 15.4. The summed E-state index contributed by atoms with van der Waals surface area (Å²) >= 11 is 0. The number of hydrogen-bond donors (Lipinski definition) is 0. The lowest BCUT2D eigenvalue weighted by molar-refractivity contribution is -0.139. The van der Waals surface area contributed by atoms with Crippen molar-refractivity contribution in [1.29, 1.82) is 0 Å². The highest BCUT2D eigenvalue weighted by atomic mass is 19.4. The lowest BCUT2D eigenvalue weighted by atomic mass is 9.94. The minimum Gasteiger partial charge on any atom is -0.207 e. The second kappa shape index (κ2) is 8.20. The van der Waals surface area contributed by atoms with Gasteiger partial charge in [0.25, 0.3) is 5.92 Å². The summed E-state index contributed by atoms with van der Waals surface area (Å²) in [6, 6.07) is 4.90. The van der Waals surface area contributed by atoms with Crippen LogP contribution in [0.2, 0.25) is 0 Å². The van der Waals surface area contributed by atoms with Crippen LogP contribution in [0.3, 0.4) is 0 Å². The molecular formula is C21H15F9. The Morgan fingerprint density at radius 3 is 1.90 bits per heavy atom. The van der Waals surface area contributed by atoms with Gasteiger partial charge in [-0.15, -0.1) is 0 Å². The van der Waals surface area contributed by atoms with Crippen molar-refractivity contribution < 1.29 is 39.5 Å². The molecule has 1 atom stereocenters. The van der Waals surface area contributed by atoms with E-state index in [2.05, 4.69) is 6.58 Å². The van der Waals surface area contributed by atoms with E-state index in [-0.39, 0.29) is 11.6 Å². The molecule has 0 aliphatic carbocycles. The van der Waals surface area contributed by atoms with E-state index in [0.29, 0.717) is 37.3 Å². The third-order valence-electron chi connectivity index (χ3n) is 4.28. The molecule has 9 heteroatoms. The molecule has 30 heavy (non-hydrogen) atoms. The minimum atomic E-state index is -5.03. The number of hydrogen-bond acceptors (Lipinski definition) is 0. The average molecular weight is 438 g/mol. The molecule has 1 unspecified atom stereocenters. The summed E-state index contributed by atoms with van der Waals surface area (Å²) in [6.45, 7) is 3.90. The highest BCUT2D eigenvalue weighted by molar-refractivity contribution is 5.65. The van der Waals surface area contributed by atoms with Crippen molar-refractivity contribution in [3.05, 3.63) is 82.9 Å². The second-order valence-electron chi connectivity index (χ2n) is 6.55. The van der Waals surface area contributed by atoms with E-state index in [1.54, 1.807) is 0 Å². The molecule has 0 heterocycles. The molecular weight excluding hydrogens is 423 g/mol. The highest BCUT2D eigenvalue weighted by Gasteiger charge is 2.40. The average Bonchev–Trinajstić information content (AvgIpc) is 2.63. The van der Waals surface area contributed by atoms with E-state index in [4.69, 9.17) is 0 Å². The fourth-order valence-corrected chi connectivity index (χ4v) is 2.76. The van der Waals surface area contributed by atoms with Gasteiger partial charge >= 0.3 is 12.4 Å². The van der Waals surface area contributed by atoms with Crippen molar-refractivity contribution in [1.82, 2.24) is 0 Å². The summed E-state index contributed by atoms with van der Waals surface area (Å²) < 4.78 is 120. The molecule has 0 radical (unpaired) electrons. The van der Waals surface area contributed by atoms with Gasteiger partial charge in [-0.3, -0.25) is 0 Å². The molecule has 0 spiro atoms. The standard InChI is InChI=1S/C21H15F9/c1-3-12-4-5-14(10-16(12)19(2,23)24)18(22)11-17(21(28,29)30)13-6-8-15(9-7-13)20(25,26)27/h3-11,17H,1H2,2H3/b18-11-. The van der Waals surface area contributed by atoms with Gasteiger partial charge in [0.1, 0.15) is 11.7 Å². The number of allylic oxidation sites excluding steroid dienone is 1. The quantitative estimate of drug-likeness (QED) is 0.414. The Kier molecular flexibility index (Phi) is 6.44. The Bertz CT molecular complexity index is 927. The van der Waals surface area contributed by atoms with Gasteiger partial charge in [-0.2, -0.15) is 26.3 Å².